The fourth-order valence-electron chi connectivity index (χ4n) is 3.26. The Morgan fingerprint density at radius 2 is 1.78 bits per heavy atom. The molecule has 0 fully saturated rings. The predicted molar refractivity (Wildman–Crippen MR) is 145 cm³/mol. The summed E-state index contributed by atoms with van der Waals surface area (Å²) in [5.41, 5.74) is 2.93. The summed E-state index contributed by atoms with van der Waals surface area (Å²) in [5.74, 6) is -0.439. The van der Waals surface area contributed by atoms with Crippen LogP contribution in [0.5, 0.6) is 11.5 Å². The number of fused-ring (bicyclic) bond motifs is 1. The Morgan fingerprint density at radius 1 is 1.03 bits per heavy atom. The average Bonchev–Trinajstić information content (AvgIpc) is 3.21. The maximum atomic E-state index is 12.8. The van der Waals surface area contributed by atoms with Crippen LogP contribution in [0.4, 0.5) is 0 Å². The average molecular weight is 562 g/mol. The van der Waals surface area contributed by atoms with Gasteiger partial charge in [0.05, 0.1) is 16.3 Å². The molecular formula is C26H19Cl3N2O4S. The van der Waals surface area contributed by atoms with Crippen LogP contribution in [0.1, 0.15) is 28.6 Å². The van der Waals surface area contributed by atoms with E-state index in [1.165, 1.54) is 23.6 Å². The van der Waals surface area contributed by atoms with Crippen molar-refractivity contribution in [2.24, 2.45) is 5.10 Å². The molecule has 4 rings (SSSR count). The number of hydrogen-bond acceptors (Lipinski definition) is 6. The quantitative estimate of drug-likeness (QED) is 0.105. The van der Waals surface area contributed by atoms with Crippen LogP contribution < -0.4 is 14.9 Å². The molecule has 0 radical (unpaired) electrons. The Labute approximate surface area is 226 Å². The summed E-state index contributed by atoms with van der Waals surface area (Å²) >= 11 is 19.7. The molecule has 1 amide bonds. The Balaban J connectivity index is 1.44. The molecule has 1 heterocycles. The van der Waals surface area contributed by atoms with Crippen molar-refractivity contribution in [1.29, 1.82) is 0 Å². The zero-order valence-electron chi connectivity index (χ0n) is 18.8. The molecule has 0 unspecified atom stereocenters. The molecule has 6 nitrogen and oxygen atoms in total. The standard InChI is InChI=1S/C26H19Cl3N2O4S/c1-2-19(34-21-12-11-16(27)13-18(21)28)25(32)31-30-14-15-7-3-5-9-20(15)35-26(33)24-23(29)17-8-4-6-10-22(17)36-24/h3-14,19H,2H2,1H3,(H,31,32)/b30-14-/t19-/m1/s1. The fraction of sp³-hybridized carbons (Fsp3) is 0.115. The number of hydrogen-bond donors (Lipinski definition) is 1. The summed E-state index contributed by atoms with van der Waals surface area (Å²) in [6, 6.07) is 19.0. The highest BCUT2D eigenvalue weighted by molar-refractivity contribution is 7.21. The second-order valence-corrected chi connectivity index (χ2v) is 9.77. The van der Waals surface area contributed by atoms with Gasteiger partial charge in [0.25, 0.3) is 5.91 Å². The summed E-state index contributed by atoms with van der Waals surface area (Å²) in [5, 5.41) is 5.91. The molecular weight excluding hydrogens is 543 g/mol. The van der Waals surface area contributed by atoms with Gasteiger partial charge in [-0.3, -0.25) is 4.79 Å². The van der Waals surface area contributed by atoms with Crippen LogP contribution in [0.25, 0.3) is 10.1 Å². The lowest BCUT2D eigenvalue weighted by molar-refractivity contribution is -0.128. The number of amides is 1. The van der Waals surface area contributed by atoms with E-state index in [9.17, 15) is 9.59 Å². The minimum Gasteiger partial charge on any atom is -0.479 e. The van der Waals surface area contributed by atoms with Crippen LogP contribution in [0.15, 0.2) is 71.8 Å². The van der Waals surface area contributed by atoms with Crippen LogP contribution in [0.3, 0.4) is 0 Å². The normalized spacial score (nSPS) is 12.0. The van der Waals surface area contributed by atoms with Crippen molar-refractivity contribution in [3.8, 4) is 11.5 Å². The Kier molecular flexibility index (Phi) is 8.48. The zero-order chi connectivity index (χ0) is 25.7. The molecule has 4 aromatic rings. The van der Waals surface area contributed by atoms with Crippen molar-refractivity contribution >= 4 is 74.3 Å². The fourth-order valence-corrected chi connectivity index (χ4v) is 5.09. The largest absolute Gasteiger partial charge is 0.479 e. The number of rotatable bonds is 8. The van der Waals surface area contributed by atoms with Crippen LogP contribution in [-0.2, 0) is 4.79 Å². The maximum absolute atomic E-state index is 12.8. The number of thiophene rings is 1. The van der Waals surface area contributed by atoms with Crippen molar-refractivity contribution in [3.05, 3.63) is 92.2 Å². The number of ether oxygens (including phenoxy) is 2. The third-order valence-corrected chi connectivity index (χ3v) is 7.23. The minimum absolute atomic E-state index is 0.269. The minimum atomic E-state index is -0.830. The first-order valence-corrected chi connectivity index (χ1v) is 12.7. The monoisotopic (exact) mass is 560 g/mol. The molecule has 0 bridgehead atoms. The lowest BCUT2D eigenvalue weighted by Crippen LogP contribution is -2.35. The first kappa shape index (κ1) is 26.0. The Bertz CT molecular complexity index is 1450. The van der Waals surface area contributed by atoms with Crippen LogP contribution in [0, 0.1) is 0 Å². The molecule has 0 saturated carbocycles. The van der Waals surface area contributed by atoms with Crippen molar-refractivity contribution in [1.82, 2.24) is 5.43 Å². The lowest BCUT2D eigenvalue weighted by Gasteiger charge is -2.16. The number of hydrazone groups is 1. The van der Waals surface area contributed by atoms with E-state index >= 15 is 0 Å². The molecule has 0 saturated heterocycles. The molecule has 1 aromatic heterocycles. The van der Waals surface area contributed by atoms with Crippen molar-refractivity contribution in [2.75, 3.05) is 0 Å². The number of benzene rings is 3. The third-order valence-electron chi connectivity index (χ3n) is 5.05. The van der Waals surface area contributed by atoms with Crippen molar-refractivity contribution in [3.63, 3.8) is 0 Å². The zero-order valence-corrected chi connectivity index (χ0v) is 21.9. The SMILES string of the molecule is CC[C@@H](Oc1ccc(Cl)cc1Cl)C(=O)N/N=C\c1ccccc1OC(=O)c1sc2ccccc2c1Cl. The van der Waals surface area contributed by atoms with Gasteiger partial charge >= 0.3 is 5.97 Å². The number of carbonyl (C=O) groups excluding carboxylic acids is 2. The molecule has 0 aliphatic carbocycles. The highest BCUT2D eigenvalue weighted by Crippen LogP contribution is 2.36. The second kappa shape index (κ2) is 11.8. The molecule has 184 valence electrons. The van der Waals surface area contributed by atoms with E-state index in [0.717, 1.165) is 10.1 Å². The number of carbonyl (C=O) groups is 2. The molecule has 3 aromatic carbocycles. The lowest BCUT2D eigenvalue weighted by atomic mass is 10.2. The van der Waals surface area contributed by atoms with E-state index < -0.39 is 18.0 Å². The highest BCUT2D eigenvalue weighted by Gasteiger charge is 2.21. The molecule has 10 heteroatoms. The summed E-state index contributed by atoms with van der Waals surface area (Å²) in [7, 11) is 0. The van der Waals surface area contributed by atoms with Gasteiger partial charge in [-0.05, 0) is 42.8 Å². The van der Waals surface area contributed by atoms with Gasteiger partial charge in [0.2, 0.25) is 0 Å². The van der Waals surface area contributed by atoms with Crippen LogP contribution >= 0.6 is 46.1 Å². The number of nitrogens with zero attached hydrogens (tertiary/aromatic N) is 1. The number of para-hydroxylation sites is 1. The van der Waals surface area contributed by atoms with E-state index in [4.69, 9.17) is 44.3 Å². The maximum Gasteiger partial charge on any atom is 0.355 e. The van der Waals surface area contributed by atoms with E-state index in [2.05, 4.69) is 10.5 Å². The Morgan fingerprint density at radius 3 is 2.53 bits per heavy atom. The van der Waals surface area contributed by atoms with Crippen molar-refractivity contribution in [2.45, 2.75) is 19.4 Å². The van der Waals surface area contributed by atoms with Gasteiger partial charge in [-0.15, -0.1) is 11.3 Å². The smallest absolute Gasteiger partial charge is 0.355 e. The molecule has 1 atom stereocenters. The topological polar surface area (TPSA) is 77.0 Å². The van der Waals surface area contributed by atoms with Gasteiger partial charge in [-0.1, -0.05) is 72.1 Å². The van der Waals surface area contributed by atoms with Crippen molar-refractivity contribution < 1.29 is 19.1 Å². The molecule has 0 aliphatic rings. The summed E-state index contributed by atoms with van der Waals surface area (Å²) in [4.78, 5) is 25.7. The number of nitrogens with one attached hydrogen (secondary N) is 1. The molecule has 0 aliphatic heterocycles. The van der Waals surface area contributed by atoms with E-state index in [1.54, 1.807) is 43.3 Å². The predicted octanol–water partition coefficient (Wildman–Crippen LogP) is 7.39. The van der Waals surface area contributed by atoms with Gasteiger partial charge in [-0.2, -0.15) is 5.10 Å². The first-order valence-electron chi connectivity index (χ1n) is 10.8. The summed E-state index contributed by atoms with van der Waals surface area (Å²) < 4.78 is 12.2. The van der Waals surface area contributed by atoms with E-state index in [-0.39, 0.29) is 5.75 Å². The van der Waals surface area contributed by atoms with Gasteiger partial charge in [0, 0.05) is 20.7 Å². The molecule has 0 spiro atoms. The second-order valence-electron chi connectivity index (χ2n) is 7.49. The Hall–Kier alpha value is -3.10. The third kappa shape index (κ3) is 5.99. The van der Waals surface area contributed by atoms with Gasteiger partial charge in [0.1, 0.15) is 16.4 Å². The van der Waals surface area contributed by atoms with Crippen LogP contribution in [0.2, 0.25) is 15.1 Å². The number of halogens is 3. The van der Waals surface area contributed by atoms with Gasteiger partial charge in [-0.25, -0.2) is 10.2 Å². The van der Waals surface area contributed by atoms with E-state index in [1.807, 2.05) is 24.3 Å². The van der Waals surface area contributed by atoms with Gasteiger partial charge < -0.3 is 9.47 Å². The summed E-state index contributed by atoms with van der Waals surface area (Å²) in [6.45, 7) is 1.80. The van der Waals surface area contributed by atoms with Gasteiger partial charge in [0.15, 0.2) is 6.10 Å². The summed E-state index contributed by atoms with van der Waals surface area (Å²) in [6.07, 6.45) is 0.934. The molecule has 36 heavy (non-hydrogen) atoms. The molecule has 1 N–H and O–H groups in total. The number of esters is 1. The van der Waals surface area contributed by atoms with E-state index in [0.29, 0.717) is 37.7 Å². The van der Waals surface area contributed by atoms with Crippen LogP contribution in [-0.4, -0.2) is 24.2 Å². The highest BCUT2D eigenvalue weighted by atomic mass is 35.5. The first-order chi connectivity index (χ1) is 17.4.